The molecule has 224 valence electrons. The molecule has 1 aliphatic carbocycles. The van der Waals surface area contributed by atoms with Crippen LogP contribution in [0.2, 0.25) is 0 Å². The van der Waals surface area contributed by atoms with Crippen LogP contribution in [0.5, 0.6) is 11.5 Å². The smallest absolute Gasteiger partial charge is 0.255 e. The molecule has 3 rings (SSSR count). The van der Waals surface area contributed by atoms with Gasteiger partial charge < -0.3 is 25.4 Å². The lowest BCUT2D eigenvalue weighted by Gasteiger charge is -2.28. The number of hydrogen-bond donors (Lipinski definition) is 3. The summed E-state index contributed by atoms with van der Waals surface area (Å²) in [4.78, 5) is 40.2. The standard InChI is InChI=1S/C31H43N3O5S2/c1-31(2,38)30(37)34(22-40-3)19-28(35)33-27(21-41-20-24-10-6-4-7-11-24)29(36)32-18-23-14-16-26(17-15-23)39-25-12-8-5-9-13-25/h5,8-9,12-17,24,27,38H,4,6-7,10-11,18-22H2,1-3H3,(H,32,36)(H,33,35)/t27-/m0/s1. The van der Waals surface area contributed by atoms with Crippen LogP contribution in [0.3, 0.4) is 0 Å². The second-order valence-electron chi connectivity index (χ2n) is 10.9. The SMILES string of the molecule is CSCN(CC(=O)N[C@@H](CSCC1CCCCC1)C(=O)NCc1ccc(Oc2ccccc2)cc1)C(=O)C(C)(C)O. The highest BCUT2D eigenvalue weighted by molar-refractivity contribution is 7.99. The number of rotatable bonds is 15. The maximum atomic E-state index is 13.3. The lowest BCUT2D eigenvalue weighted by molar-refractivity contribution is -0.149. The highest BCUT2D eigenvalue weighted by Crippen LogP contribution is 2.27. The van der Waals surface area contributed by atoms with E-state index in [0.29, 0.717) is 24.0 Å². The van der Waals surface area contributed by atoms with Crippen molar-refractivity contribution in [2.24, 2.45) is 5.92 Å². The number of thioether (sulfide) groups is 2. The first-order valence-electron chi connectivity index (χ1n) is 14.1. The molecule has 1 fully saturated rings. The van der Waals surface area contributed by atoms with Crippen LogP contribution in [0.15, 0.2) is 54.6 Å². The molecule has 3 amide bonds. The molecule has 3 N–H and O–H groups in total. The van der Waals surface area contributed by atoms with Crippen molar-refractivity contribution >= 4 is 41.2 Å². The largest absolute Gasteiger partial charge is 0.457 e. The molecule has 0 radical (unpaired) electrons. The van der Waals surface area contributed by atoms with Gasteiger partial charge in [-0.2, -0.15) is 11.8 Å². The first-order valence-corrected chi connectivity index (χ1v) is 16.7. The maximum Gasteiger partial charge on any atom is 0.255 e. The van der Waals surface area contributed by atoms with Crippen LogP contribution in [-0.2, 0) is 20.9 Å². The summed E-state index contributed by atoms with van der Waals surface area (Å²) in [5.74, 6) is 2.51. The number of carbonyl (C=O) groups is 3. The van der Waals surface area contributed by atoms with E-state index in [0.717, 1.165) is 17.1 Å². The monoisotopic (exact) mass is 601 g/mol. The zero-order valence-electron chi connectivity index (χ0n) is 24.3. The fraction of sp³-hybridized carbons (Fsp3) is 0.516. The second kappa shape index (κ2) is 16.7. The van der Waals surface area contributed by atoms with Gasteiger partial charge in [0.25, 0.3) is 5.91 Å². The molecule has 8 nitrogen and oxygen atoms in total. The molecule has 0 heterocycles. The highest BCUT2D eigenvalue weighted by Gasteiger charge is 2.31. The number of benzene rings is 2. The van der Waals surface area contributed by atoms with Crippen molar-refractivity contribution in [1.29, 1.82) is 0 Å². The van der Waals surface area contributed by atoms with Gasteiger partial charge in [0.15, 0.2) is 0 Å². The van der Waals surface area contributed by atoms with E-state index < -0.39 is 23.5 Å². The third-order valence-corrected chi connectivity index (χ3v) is 8.66. The minimum absolute atomic E-state index is 0.233. The Balaban J connectivity index is 1.59. The summed E-state index contributed by atoms with van der Waals surface area (Å²) in [6, 6.07) is 16.3. The van der Waals surface area contributed by atoms with E-state index in [1.165, 1.54) is 62.6 Å². The van der Waals surface area contributed by atoms with Crippen molar-refractivity contribution in [2.45, 2.75) is 64.1 Å². The third-order valence-electron chi connectivity index (χ3n) is 6.81. The van der Waals surface area contributed by atoms with E-state index in [4.69, 9.17) is 4.74 Å². The van der Waals surface area contributed by atoms with Crippen LogP contribution in [0.25, 0.3) is 0 Å². The van der Waals surface area contributed by atoms with E-state index in [1.54, 1.807) is 11.8 Å². The van der Waals surface area contributed by atoms with Gasteiger partial charge in [0, 0.05) is 12.3 Å². The molecule has 1 aliphatic rings. The Kier molecular flexibility index (Phi) is 13.3. The molecule has 0 unspecified atom stereocenters. The van der Waals surface area contributed by atoms with Gasteiger partial charge in [-0.15, -0.1) is 11.8 Å². The van der Waals surface area contributed by atoms with Crippen molar-refractivity contribution in [3.05, 3.63) is 60.2 Å². The van der Waals surface area contributed by atoms with Gasteiger partial charge in [0.1, 0.15) is 29.7 Å². The van der Waals surface area contributed by atoms with E-state index >= 15 is 0 Å². The fourth-order valence-electron chi connectivity index (χ4n) is 4.63. The van der Waals surface area contributed by atoms with Crippen LogP contribution < -0.4 is 15.4 Å². The van der Waals surface area contributed by atoms with Crippen LogP contribution >= 0.6 is 23.5 Å². The first kappa shape index (κ1) is 32.8. The Morgan fingerprint density at radius 3 is 2.32 bits per heavy atom. The number of carbonyl (C=O) groups excluding carboxylic acids is 3. The van der Waals surface area contributed by atoms with Crippen LogP contribution in [0.4, 0.5) is 0 Å². The van der Waals surface area contributed by atoms with E-state index in [9.17, 15) is 19.5 Å². The summed E-state index contributed by atoms with van der Waals surface area (Å²) < 4.78 is 5.84. The number of amides is 3. The molecule has 1 atom stereocenters. The number of para-hydroxylation sites is 1. The molecular weight excluding hydrogens is 558 g/mol. The van der Waals surface area contributed by atoms with Gasteiger partial charge in [-0.3, -0.25) is 14.4 Å². The third kappa shape index (κ3) is 11.6. The second-order valence-corrected chi connectivity index (χ2v) is 12.8. The summed E-state index contributed by atoms with van der Waals surface area (Å²) in [7, 11) is 0. The lowest BCUT2D eigenvalue weighted by Crippen LogP contribution is -2.53. The van der Waals surface area contributed by atoms with Crippen LogP contribution in [0, 0.1) is 5.92 Å². The van der Waals surface area contributed by atoms with Crippen molar-refractivity contribution < 1.29 is 24.2 Å². The predicted octanol–water partition coefficient (Wildman–Crippen LogP) is 4.81. The molecule has 2 aromatic carbocycles. The molecule has 1 saturated carbocycles. The Bertz CT molecular complexity index is 1100. The zero-order valence-corrected chi connectivity index (χ0v) is 25.9. The summed E-state index contributed by atoms with van der Waals surface area (Å²) >= 11 is 3.07. The van der Waals surface area contributed by atoms with E-state index in [1.807, 2.05) is 60.9 Å². The van der Waals surface area contributed by atoms with Crippen LogP contribution in [-0.4, -0.2) is 69.6 Å². The average molecular weight is 602 g/mol. The number of nitrogens with one attached hydrogen (secondary N) is 2. The number of ether oxygens (including phenoxy) is 1. The summed E-state index contributed by atoms with van der Waals surface area (Å²) in [5, 5.41) is 16.0. The number of nitrogens with zero attached hydrogens (tertiary/aromatic N) is 1. The summed E-state index contributed by atoms with van der Waals surface area (Å²) in [5.41, 5.74) is -0.690. The predicted molar refractivity (Wildman–Crippen MR) is 167 cm³/mol. The topological polar surface area (TPSA) is 108 Å². The van der Waals surface area contributed by atoms with Crippen molar-refractivity contribution in [2.75, 3.05) is 30.2 Å². The van der Waals surface area contributed by atoms with Gasteiger partial charge in [-0.05, 0) is 74.4 Å². The average Bonchev–Trinajstić information content (AvgIpc) is 2.96. The van der Waals surface area contributed by atoms with Gasteiger partial charge in [-0.25, -0.2) is 0 Å². The Morgan fingerprint density at radius 2 is 1.68 bits per heavy atom. The van der Waals surface area contributed by atoms with Crippen molar-refractivity contribution in [3.63, 3.8) is 0 Å². The molecule has 0 saturated heterocycles. The van der Waals surface area contributed by atoms with Crippen molar-refractivity contribution in [1.82, 2.24) is 15.5 Å². The van der Waals surface area contributed by atoms with Gasteiger partial charge in [-0.1, -0.05) is 49.6 Å². The maximum absolute atomic E-state index is 13.3. The lowest BCUT2D eigenvalue weighted by atomic mass is 9.91. The minimum Gasteiger partial charge on any atom is -0.457 e. The quantitative estimate of drug-likeness (QED) is 0.252. The van der Waals surface area contributed by atoms with Gasteiger partial charge >= 0.3 is 0 Å². The molecule has 2 aromatic rings. The fourth-order valence-corrected chi connectivity index (χ4v) is 6.43. The van der Waals surface area contributed by atoms with Gasteiger partial charge in [0.05, 0.1) is 5.88 Å². The normalized spacial score (nSPS) is 14.6. The van der Waals surface area contributed by atoms with E-state index in [-0.39, 0.29) is 18.3 Å². The van der Waals surface area contributed by atoms with Crippen molar-refractivity contribution in [3.8, 4) is 11.5 Å². The number of hydrogen-bond acceptors (Lipinski definition) is 7. The first-order chi connectivity index (χ1) is 19.7. The molecule has 0 bridgehead atoms. The Hall–Kier alpha value is -2.69. The molecule has 0 spiro atoms. The van der Waals surface area contributed by atoms with Crippen LogP contribution in [0.1, 0.15) is 51.5 Å². The highest BCUT2D eigenvalue weighted by atomic mass is 32.2. The summed E-state index contributed by atoms with van der Waals surface area (Å²) in [6.07, 6.45) is 8.04. The van der Waals surface area contributed by atoms with E-state index in [2.05, 4.69) is 10.6 Å². The zero-order chi connectivity index (χ0) is 29.7. The molecule has 41 heavy (non-hydrogen) atoms. The molecule has 10 heteroatoms. The Morgan fingerprint density at radius 1 is 1.02 bits per heavy atom. The summed E-state index contributed by atoms with van der Waals surface area (Å²) in [6.45, 7) is 2.88. The Labute approximate surface area is 252 Å². The van der Waals surface area contributed by atoms with Gasteiger partial charge in [0.2, 0.25) is 11.8 Å². The minimum atomic E-state index is -1.59. The molecule has 0 aromatic heterocycles. The molecular formula is C31H43N3O5S2. The molecule has 0 aliphatic heterocycles. The number of aliphatic hydroxyl groups is 1.